The average Bonchev–Trinajstić information content (AvgIpc) is 2.38. The summed E-state index contributed by atoms with van der Waals surface area (Å²) in [5.74, 6) is -1.10. The summed E-state index contributed by atoms with van der Waals surface area (Å²) < 4.78 is 38.0. The van der Waals surface area contributed by atoms with Crippen LogP contribution in [0.5, 0.6) is 0 Å². The van der Waals surface area contributed by atoms with Gasteiger partial charge in [-0.15, -0.1) is 0 Å². The van der Waals surface area contributed by atoms with Crippen LogP contribution in [0, 0.1) is 6.92 Å². The maximum Gasteiger partial charge on any atom is 0.416 e. The molecule has 2 aromatic carbocycles. The zero-order chi connectivity index (χ0) is 14.9. The van der Waals surface area contributed by atoms with Gasteiger partial charge in [0.2, 0.25) is 0 Å². The van der Waals surface area contributed by atoms with Gasteiger partial charge in [0.05, 0.1) is 11.1 Å². The normalized spacial score (nSPS) is 11.4. The number of alkyl halides is 3. The Balaban J connectivity index is 2.52. The highest BCUT2D eigenvalue weighted by atomic mass is 19.4. The predicted molar refractivity (Wildman–Crippen MR) is 68.6 cm³/mol. The molecular weight excluding hydrogens is 269 g/mol. The molecular formula is C15H11F3O2. The molecule has 0 aliphatic rings. The van der Waals surface area contributed by atoms with Crippen LogP contribution in [0.15, 0.2) is 42.5 Å². The fraction of sp³-hybridized carbons (Fsp3) is 0.133. The maximum atomic E-state index is 12.7. The van der Waals surface area contributed by atoms with E-state index in [1.807, 2.05) is 0 Å². The van der Waals surface area contributed by atoms with E-state index < -0.39 is 17.7 Å². The summed E-state index contributed by atoms with van der Waals surface area (Å²) in [5.41, 5.74) is 0.669. The zero-order valence-electron chi connectivity index (χ0n) is 10.5. The van der Waals surface area contributed by atoms with E-state index in [2.05, 4.69) is 0 Å². The molecule has 0 fully saturated rings. The van der Waals surface area contributed by atoms with Crippen molar-refractivity contribution in [1.82, 2.24) is 0 Å². The minimum absolute atomic E-state index is 0.0833. The topological polar surface area (TPSA) is 37.3 Å². The fourth-order valence-corrected chi connectivity index (χ4v) is 1.91. The van der Waals surface area contributed by atoms with Crippen LogP contribution in [0.4, 0.5) is 13.2 Å². The predicted octanol–water partition coefficient (Wildman–Crippen LogP) is 4.38. The van der Waals surface area contributed by atoms with E-state index in [1.165, 1.54) is 18.2 Å². The molecule has 0 aliphatic heterocycles. The van der Waals surface area contributed by atoms with Crippen LogP contribution in [-0.4, -0.2) is 11.1 Å². The lowest BCUT2D eigenvalue weighted by molar-refractivity contribution is -0.137. The molecule has 0 spiro atoms. The Bertz CT molecular complexity index is 660. The second kappa shape index (κ2) is 5.00. The minimum Gasteiger partial charge on any atom is -0.478 e. The number of halogens is 3. The third kappa shape index (κ3) is 2.82. The maximum absolute atomic E-state index is 12.7. The Hall–Kier alpha value is -2.30. The molecule has 2 nitrogen and oxygen atoms in total. The molecule has 0 saturated heterocycles. The molecule has 2 aromatic rings. The van der Waals surface area contributed by atoms with Gasteiger partial charge >= 0.3 is 12.1 Å². The first-order valence-corrected chi connectivity index (χ1v) is 5.80. The van der Waals surface area contributed by atoms with Crippen LogP contribution >= 0.6 is 0 Å². The third-order valence-electron chi connectivity index (χ3n) is 2.99. The number of rotatable bonds is 2. The largest absolute Gasteiger partial charge is 0.478 e. The Labute approximate surface area is 113 Å². The minimum atomic E-state index is -4.42. The van der Waals surface area contributed by atoms with E-state index in [0.717, 1.165) is 12.1 Å². The van der Waals surface area contributed by atoms with Gasteiger partial charge in [0.25, 0.3) is 0 Å². The van der Waals surface area contributed by atoms with Crippen molar-refractivity contribution in [2.45, 2.75) is 13.1 Å². The van der Waals surface area contributed by atoms with Gasteiger partial charge in [-0.1, -0.05) is 24.3 Å². The molecule has 2 rings (SSSR count). The van der Waals surface area contributed by atoms with E-state index in [9.17, 15) is 18.0 Å². The highest BCUT2D eigenvalue weighted by Gasteiger charge is 2.30. The van der Waals surface area contributed by atoms with Crippen molar-refractivity contribution < 1.29 is 23.1 Å². The lowest BCUT2D eigenvalue weighted by Gasteiger charge is -2.10. The number of benzene rings is 2. The first-order valence-electron chi connectivity index (χ1n) is 5.80. The van der Waals surface area contributed by atoms with Gasteiger partial charge in [-0.2, -0.15) is 13.2 Å². The van der Waals surface area contributed by atoms with Crippen molar-refractivity contribution in [3.8, 4) is 11.1 Å². The van der Waals surface area contributed by atoms with Crippen LogP contribution in [0.2, 0.25) is 0 Å². The SMILES string of the molecule is Cc1ccc(-c2cccc(C(F)(F)F)c2)cc1C(=O)O. The van der Waals surface area contributed by atoms with Crippen LogP contribution in [0.3, 0.4) is 0 Å². The van der Waals surface area contributed by atoms with E-state index in [4.69, 9.17) is 5.11 Å². The summed E-state index contributed by atoms with van der Waals surface area (Å²) in [6.45, 7) is 1.64. The number of aromatic carboxylic acids is 1. The van der Waals surface area contributed by atoms with Gasteiger partial charge in [-0.05, 0) is 41.8 Å². The molecule has 104 valence electrons. The molecule has 20 heavy (non-hydrogen) atoms. The summed E-state index contributed by atoms with van der Waals surface area (Å²) in [6.07, 6.45) is -4.42. The van der Waals surface area contributed by atoms with Crippen molar-refractivity contribution in [2.75, 3.05) is 0 Å². The summed E-state index contributed by atoms with van der Waals surface area (Å²) in [5, 5.41) is 9.04. The Morgan fingerprint density at radius 3 is 2.30 bits per heavy atom. The number of carboxylic acids is 1. The molecule has 0 saturated carbocycles. The summed E-state index contributed by atoms with van der Waals surface area (Å²) in [7, 11) is 0. The monoisotopic (exact) mass is 280 g/mol. The summed E-state index contributed by atoms with van der Waals surface area (Å²) >= 11 is 0. The first-order chi connectivity index (χ1) is 9.29. The number of carboxylic acid groups (broad SMARTS) is 1. The van der Waals surface area contributed by atoms with Crippen LogP contribution in [0.1, 0.15) is 21.5 Å². The Morgan fingerprint density at radius 2 is 1.70 bits per heavy atom. The van der Waals surface area contributed by atoms with Gasteiger partial charge in [0.15, 0.2) is 0 Å². The molecule has 0 unspecified atom stereocenters. The number of hydrogen-bond acceptors (Lipinski definition) is 1. The highest BCUT2D eigenvalue weighted by Crippen LogP contribution is 2.32. The Morgan fingerprint density at radius 1 is 1.05 bits per heavy atom. The van der Waals surface area contributed by atoms with Crippen molar-refractivity contribution in [1.29, 1.82) is 0 Å². The number of aryl methyl sites for hydroxylation is 1. The smallest absolute Gasteiger partial charge is 0.416 e. The van der Waals surface area contributed by atoms with Gasteiger partial charge in [0.1, 0.15) is 0 Å². The van der Waals surface area contributed by atoms with Gasteiger partial charge in [-0.25, -0.2) is 4.79 Å². The molecule has 0 atom stereocenters. The van der Waals surface area contributed by atoms with Crippen molar-refractivity contribution in [2.24, 2.45) is 0 Å². The Kier molecular flexibility index (Phi) is 3.53. The fourth-order valence-electron chi connectivity index (χ4n) is 1.91. The molecule has 0 aromatic heterocycles. The van der Waals surface area contributed by atoms with Crippen LogP contribution < -0.4 is 0 Å². The van der Waals surface area contributed by atoms with E-state index >= 15 is 0 Å². The van der Waals surface area contributed by atoms with E-state index in [0.29, 0.717) is 16.7 Å². The molecule has 0 amide bonds. The van der Waals surface area contributed by atoms with Crippen LogP contribution in [-0.2, 0) is 6.18 Å². The molecule has 0 bridgehead atoms. The van der Waals surface area contributed by atoms with Crippen molar-refractivity contribution >= 4 is 5.97 Å². The first kappa shape index (κ1) is 14.1. The zero-order valence-corrected chi connectivity index (χ0v) is 10.5. The van der Waals surface area contributed by atoms with E-state index in [1.54, 1.807) is 19.1 Å². The lowest BCUT2D eigenvalue weighted by Crippen LogP contribution is -2.04. The van der Waals surface area contributed by atoms with Crippen molar-refractivity contribution in [3.05, 3.63) is 59.2 Å². The molecule has 0 aliphatic carbocycles. The highest BCUT2D eigenvalue weighted by molar-refractivity contribution is 5.91. The number of hydrogen-bond donors (Lipinski definition) is 1. The average molecular weight is 280 g/mol. The quantitative estimate of drug-likeness (QED) is 0.886. The molecule has 5 heteroatoms. The summed E-state index contributed by atoms with van der Waals surface area (Å²) in [4.78, 5) is 11.1. The molecule has 1 N–H and O–H groups in total. The van der Waals surface area contributed by atoms with Crippen LogP contribution in [0.25, 0.3) is 11.1 Å². The lowest BCUT2D eigenvalue weighted by atomic mass is 9.98. The van der Waals surface area contributed by atoms with Gasteiger partial charge < -0.3 is 5.11 Å². The second-order valence-corrected chi connectivity index (χ2v) is 4.41. The standard InChI is InChI=1S/C15H11F3O2/c1-9-5-6-11(8-13(9)14(19)20)10-3-2-4-12(7-10)15(16,17)18/h2-8H,1H3,(H,19,20). The molecule has 0 radical (unpaired) electrons. The van der Waals surface area contributed by atoms with E-state index in [-0.39, 0.29) is 5.56 Å². The number of carbonyl (C=O) groups is 1. The third-order valence-corrected chi connectivity index (χ3v) is 2.99. The molecule has 0 heterocycles. The van der Waals surface area contributed by atoms with Crippen molar-refractivity contribution in [3.63, 3.8) is 0 Å². The second-order valence-electron chi connectivity index (χ2n) is 4.41. The summed E-state index contributed by atoms with van der Waals surface area (Å²) in [6, 6.07) is 9.39. The van der Waals surface area contributed by atoms with Gasteiger partial charge in [-0.3, -0.25) is 0 Å². The van der Waals surface area contributed by atoms with Gasteiger partial charge in [0, 0.05) is 0 Å².